The number of phenolic OH excluding ortho intramolecular Hbond substituents is 6. The van der Waals surface area contributed by atoms with Crippen LogP contribution in [0.4, 0.5) is 0 Å². The predicted molar refractivity (Wildman–Crippen MR) is 171 cm³/mol. The van der Waals surface area contributed by atoms with Gasteiger partial charge in [0.15, 0.2) is 74.1 Å². The molecular formula is C30H30N6O12. The molecule has 4 aliphatic rings. The Bertz CT molecular complexity index is 1400. The van der Waals surface area contributed by atoms with Gasteiger partial charge in [0.2, 0.25) is 0 Å². The maximum Gasteiger partial charge on any atom is 0.167 e. The minimum absolute atomic E-state index is 0.0270. The first-order valence-electron chi connectivity index (χ1n) is 13.9. The molecule has 6 N–H and O–H groups in total. The largest absolute Gasteiger partial charge is 0.504 e. The van der Waals surface area contributed by atoms with E-state index in [2.05, 4.69) is 30.9 Å². The van der Waals surface area contributed by atoms with E-state index in [-0.39, 0.29) is 73.0 Å². The van der Waals surface area contributed by atoms with Gasteiger partial charge in [-0.25, -0.2) is 0 Å². The Morgan fingerprint density at radius 3 is 0.583 bits per heavy atom. The van der Waals surface area contributed by atoms with Crippen LogP contribution in [-0.2, 0) is 29.0 Å². The smallest absolute Gasteiger partial charge is 0.167 e. The quantitative estimate of drug-likeness (QED) is 0.189. The molecule has 0 unspecified atom stereocenters. The second kappa shape index (κ2) is 17.7. The normalized spacial score (nSPS) is 18.8. The first kappa shape index (κ1) is 34.2. The molecule has 7 rings (SSSR count). The minimum atomic E-state index is -0.469. The van der Waals surface area contributed by atoms with Crippen molar-refractivity contribution in [3.8, 4) is 34.5 Å². The lowest BCUT2D eigenvalue weighted by Gasteiger charge is -2.06. The Morgan fingerprint density at radius 2 is 0.438 bits per heavy atom. The van der Waals surface area contributed by atoms with Gasteiger partial charge in [-0.05, 0) is 36.4 Å². The lowest BCUT2D eigenvalue weighted by Crippen LogP contribution is -1.99. The summed E-state index contributed by atoms with van der Waals surface area (Å²) >= 11 is 0. The van der Waals surface area contributed by atoms with E-state index in [1.807, 2.05) is 0 Å². The number of oxime groups is 6. The molecule has 0 radical (unpaired) electrons. The summed E-state index contributed by atoms with van der Waals surface area (Å²) in [6.07, 6.45) is 7.06. The van der Waals surface area contributed by atoms with Gasteiger partial charge in [-0.3, -0.25) is 0 Å². The van der Waals surface area contributed by atoms with Gasteiger partial charge in [0, 0.05) is 33.4 Å². The van der Waals surface area contributed by atoms with Crippen molar-refractivity contribution in [1.82, 2.24) is 0 Å². The van der Waals surface area contributed by atoms with Crippen LogP contribution >= 0.6 is 0 Å². The van der Waals surface area contributed by atoms with E-state index in [0.29, 0.717) is 0 Å². The Labute approximate surface area is 271 Å². The van der Waals surface area contributed by atoms with Crippen molar-refractivity contribution in [3.05, 3.63) is 69.8 Å². The van der Waals surface area contributed by atoms with Crippen LogP contribution in [0.25, 0.3) is 0 Å². The number of fused-ring (bicyclic) bond motifs is 2. The van der Waals surface area contributed by atoms with Gasteiger partial charge in [-0.15, -0.1) is 0 Å². The van der Waals surface area contributed by atoms with Gasteiger partial charge in [0.1, 0.15) is 0 Å². The lowest BCUT2D eigenvalue weighted by atomic mass is 10.1. The molecule has 4 heterocycles. The summed E-state index contributed by atoms with van der Waals surface area (Å²) in [7, 11) is 0. The highest BCUT2D eigenvalue weighted by molar-refractivity contribution is 5.92. The van der Waals surface area contributed by atoms with Crippen molar-refractivity contribution in [2.24, 2.45) is 30.9 Å². The van der Waals surface area contributed by atoms with Crippen LogP contribution in [0.15, 0.2) is 67.3 Å². The second-order valence-electron chi connectivity index (χ2n) is 9.23. The van der Waals surface area contributed by atoms with Crippen molar-refractivity contribution < 1.29 is 59.7 Å². The number of aromatic hydroxyl groups is 6. The number of benzene rings is 3. The van der Waals surface area contributed by atoms with Crippen LogP contribution in [0.1, 0.15) is 33.4 Å². The summed E-state index contributed by atoms with van der Waals surface area (Å²) < 4.78 is 0. The average Bonchev–Trinajstić information content (AvgIpc) is 3.08. The fourth-order valence-electron chi connectivity index (χ4n) is 3.56. The molecule has 0 amide bonds. The summed E-state index contributed by atoms with van der Waals surface area (Å²) in [6.45, 7) is -0.162. The monoisotopic (exact) mass is 666 g/mol. The van der Waals surface area contributed by atoms with Crippen molar-refractivity contribution in [1.29, 1.82) is 0 Å². The summed E-state index contributed by atoms with van der Waals surface area (Å²) in [5.41, 5.74) is 0.947. The molecule has 48 heavy (non-hydrogen) atoms. The van der Waals surface area contributed by atoms with Gasteiger partial charge >= 0.3 is 0 Å². The highest BCUT2D eigenvalue weighted by Gasteiger charge is 2.12. The fourth-order valence-corrected chi connectivity index (χ4v) is 3.56. The predicted octanol–water partition coefficient (Wildman–Crippen LogP) is 2.44. The van der Waals surface area contributed by atoms with Gasteiger partial charge in [-0.1, -0.05) is 30.9 Å². The second-order valence-corrected chi connectivity index (χ2v) is 9.23. The summed E-state index contributed by atoms with van der Waals surface area (Å²) in [5, 5.41) is 83.9. The van der Waals surface area contributed by atoms with Gasteiger partial charge in [-0.2, -0.15) is 0 Å². The van der Waals surface area contributed by atoms with Crippen LogP contribution < -0.4 is 0 Å². The average molecular weight is 667 g/mol. The maximum atomic E-state index is 10.3. The number of hydrogen-bond acceptors (Lipinski definition) is 18. The molecule has 252 valence electrons. The van der Waals surface area contributed by atoms with Crippen LogP contribution in [-0.4, -0.2) is 108 Å². The molecular weight excluding hydrogens is 636 g/mol. The zero-order valence-electron chi connectivity index (χ0n) is 25.0. The molecule has 0 saturated carbocycles. The van der Waals surface area contributed by atoms with Crippen LogP contribution in [0.5, 0.6) is 34.5 Å². The fraction of sp³-hybridized carbons (Fsp3) is 0.200. The molecule has 18 nitrogen and oxygen atoms in total. The molecule has 0 spiro atoms. The van der Waals surface area contributed by atoms with E-state index in [9.17, 15) is 30.6 Å². The molecule has 18 heteroatoms. The summed E-state index contributed by atoms with van der Waals surface area (Å²) in [6, 6.07) is 8.77. The summed E-state index contributed by atoms with van der Waals surface area (Å²) in [5.74, 6) is -2.81. The maximum absolute atomic E-state index is 10.3. The molecule has 4 aliphatic heterocycles. The standard InChI is InChI=1S/C30H30N6O12/c37-25-19-1-2-20(26(25)38)14-32-44-9-10-46-34-16-22-5-6-24(30(42)28(22)40)18-36-48-12-11-47-35-17-23-4-3-21(27(39)29(23)41)15-33-45-8-7-43-31-13-19/h1-6,13-18,37-42H,7-12H2/b31-13-,32-14-,33-15-,34-16+,35-17+,36-18-. The van der Waals surface area contributed by atoms with E-state index >= 15 is 0 Å². The summed E-state index contributed by atoms with van der Waals surface area (Å²) in [4.78, 5) is 30.3. The SMILES string of the molecule is Oc1c2ccc(c1O)/C=N\OCCO/N=C/c1ccc(c(O)c1O)/C=N\OCCO/N=C/c1ccc(c(O)c1O)/C=N\OCCO/N=C\2. The van der Waals surface area contributed by atoms with E-state index in [1.54, 1.807) is 0 Å². The number of rotatable bonds is 0. The highest BCUT2D eigenvalue weighted by atomic mass is 16.7. The first-order chi connectivity index (χ1) is 23.4. The Hall–Kier alpha value is -6.72. The first-order valence-corrected chi connectivity index (χ1v) is 13.9. The third-order valence-electron chi connectivity index (χ3n) is 6.04. The lowest BCUT2D eigenvalue weighted by molar-refractivity contribution is 0.0552. The number of phenols is 6. The zero-order chi connectivity index (χ0) is 34.1. The molecule has 0 saturated heterocycles. The number of nitrogens with zero attached hydrogens (tertiary/aromatic N) is 6. The minimum Gasteiger partial charge on any atom is -0.504 e. The van der Waals surface area contributed by atoms with Crippen LogP contribution in [0, 0.1) is 0 Å². The Balaban J connectivity index is 1.42. The van der Waals surface area contributed by atoms with E-state index < -0.39 is 34.5 Å². The molecule has 3 aromatic rings. The van der Waals surface area contributed by atoms with Gasteiger partial charge in [0.05, 0.1) is 37.3 Å². The third kappa shape index (κ3) is 9.64. The molecule has 0 atom stereocenters. The van der Waals surface area contributed by atoms with Gasteiger partial charge in [0.25, 0.3) is 0 Å². The Morgan fingerprint density at radius 1 is 0.292 bits per heavy atom. The van der Waals surface area contributed by atoms with Crippen molar-refractivity contribution >= 4 is 37.3 Å². The topological polar surface area (TPSA) is 251 Å². The zero-order valence-corrected chi connectivity index (χ0v) is 25.0. The molecule has 6 bridgehead atoms. The van der Waals surface area contributed by atoms with Crippen molar-refractivity contribution in [2.45, 2.75) is 0 Å². The highest BCUT2D eigenvalue weighted by Crippen LogP contribution is 2.32. The van der Waals surface area contributed by atoms with Crippen LogP contribution in [0.3, 0.4) is 0 Å². The Kier molecular flexibility index (Phi) is 12.6. The van der Waals surface area contributed by atoms with E-state index in [0.717, 1.165) is 0 Å². The molecule has 0 fully saturated rings. The third-order valence-corrected chi connectivity index (χ3v) is 6.04. The van der Waals surface area contributed by atoms with E-state index in [1.165, 1.54) is 73.7 Å². The van der Waals surface area contributed by atoms with E-state index in [4.69, 9.17) is 29.0 Å². The van der Waals surface area contributed by atoms with Gasteiger partial charge < -0.3 is 59.7 Å². The molecule has 0 aromatic heterocycles. The van der Waals surface area contributed by atoms with Crippen LogP contribution in [0.2, 0.25) is 0 Å². The molecule has 0 aliphatic carbocycles. The van der Waals surface area contributed by atoms with Crippen molar-refractivity contribution in [3.63, 3.8) is 0 Å². The number of hydrogen-bond donors (Lipinski definition) is 6. The molecule has 3 aromatic carbocycles. The van der Waals surface area contributed by atoms with Crippen molar-refractivity contribution in [2.75, 3.05) is 39.6 Å².